The molecule has 8 aromatic rings. The van der Waals surface area contributed by atoms with Crippen LogP contribution in [0, 0.1) is 20.8 Å². The highest BCUT2D eigenvalue weighted by Crippen LogP contribution is 2.41. The Hall–Kier alpha value is -6.18. The van der Waals surface area contributed by atoms with E-state index in [1.54, 1.807) is 0 Å². The first-order valence-corrected chi connectivity index (χ1v) is 18.3. The number of nitrogens with zero attached hydrogens (tertiary/aromatic N) is 1. The summed E-state index contributed by atoms with van der Waals surface area (Å²) < 4.78 is 2.50. The zero-order valence-corrected chi connectivity index (χ0v) is 30.2. The lowest BCUT2D eigenvalue weighted by Gasteiger charge is -2.18. The maximum Gasteiger partial charge on any atom is 0.0576 e. The van der Waals surface area contributed by atoms with Crippen LogP contribution in [0.1, 0.15) is 35.1 Å². The smallest absolute Gasteiger partial charge is 0.0576 e. The van der Waals surface area contributed by atoms with Gasteiger partial charge in [0.05, 0.1) is 11.0 Å². The molecule has 0 saturated heterocycles. The van der Waals surface area contributed by atoms with Gasteiger partial charge in [0.1, 0.15) is 0 Å². The van der Waals surface area contributed by atoms with Crippen LogP contribution in [0.5, 0.6) is 0 Å². The number of para-hydroxylation sites is 1. The van der Waals surface area contributed by atoms with Crippen molar-refractivity contribution in [1.82, 2.24) is 4.57 Å². The van der Waals surface area contributed by atoms with Gasteiger partial charge < -0.3 is 4.57 Å². The van der Waals surface area contributed by atoms with Gasteiger partial charge in [0.25, 0.3) is 0 Å². The molecule has 7 aromatic carbocycles. The highest BCUT2D eigenvalue weighted by molar-refractivity contribution is 6.12. The topological polar surface area (TPSA) is 4.93 Å². The van der Waals surface area contributed by atoms with Crippen molar-refractivity contribution in [2.24, 2.45) is 0 Å². The van der Waals surface area contributed by atoms with E-state index in [1.165, 1.54) is 88.7 Å². The minimum atomic E-state index is 1.08. The van der Waals surface area contributed by atoms with E-state index in [2.05, 4.69) is 189 Å². The van der Waals surface area contributed by atoms with Gasteiger partial charge in [-0.05, 0) is 120 Å². The van der Waals surface area contributed by atoms with Gasteiger partial charge in [0, 0.05) is 16.5 Å². The number of aromatic nitrogens is 1. The molecule has 0 unspecified atom stereocenters. The van der Waals surface area contributed by atoms with Crippen LogP contribution < -0.4 is 0 Å². The fourth-order valence-corrected chi connectivity index (χ4v) is 7.57. The van der Waals surface area contributed by atoms with Gasteiger partial charge >= 0.3 is 0 Å². The molecule has 1 heteroatoms. The first-order valence-electron chi connectivity index (χ1n) is 18.3. The van der Waals surface area contributed by atoms with E-state index in [1.807, 2.05) is 18.2 Å². The second-order valence-corrected chi connectivity index (χ2v) is 13.8. The average molecular weight is 670 g/mol. The normalized spacial score (nSPS) is 12.4. The summed E-state index contributed by atoms with van der Waals surface area (Å²) in [6.07, 6.45) is 9.15. The van der Waals surface area contributed by atoms with Crippen LogP contribution in [-0.4, -0.2) is 4.57 Å². The fourth-order valence-electron chi connectivity index (χ4n) is 7.57. The molecule has 0 amide bonds. The predicted octanol–water partition coefficient (Wildman–Crippen LogP) is 14.1. The predicted molar refractivity (Wildman–Crippen MR) is 224 cm³/mol. The second kappa shape index (κ2) is 14.6. The molecule has 0 saturated carbocycles. The summed E-state index contributed by atoms with van der Waals surface area (Å²) in [5.41, 5.74) is 17.6. The molecule has 1 aliphatic rings. The molecule has 52 heavy (non-hydrogen) atoms. The fraction of sp³-hybridized carbons (Fsp3) is 0.0980. The Labute approximate surface area is 307 Å². The van der Waals surface area contributed by atoms with E-state index in [4.69, 9.17) is 0 Å². The van der Waals surface area contributed by atoms with Gasteiger partial charge in [-0.25, -0.2) is 0 Å². The summed E-state index contributed by atoms with van der Waals surface area (Å²) in [5, 5.41) is 2.56. The third-order valence-electron chi connectivity index (χ3n) is 10.3. The molecule has 0 bridgehead atoms. The van der Waals surface area contributed by atoms with Crippen LogP contribution in [0.2, 0.25) is 0 Å². The molecular formula is C51H43N. The van der Waals surface area contributed by atoms with E-state index < -0.39 is 0 Å². The van der Waals surface area contributed by atoms with Crippen molar-refractivity contribution in [3.8, 4) is 39.1 Å². The quantitative estimate of drug-likeness (QED) is 0.172. The molecule has 0 aliphatic heterocycles. The maximum atomic E-state index is 2.50. The lowest BCUT2D eigenvalue weighted by atomic mass is 9.91. The number of aryl methyl sites for hydroxylation is 3. The van der Waals surface area contributed by atoms with Crippen molar-refractivity contribution in [1.29, 1.82) is 0 Å². The Morgan fingerprint density at radius 2 is 1.12 bits per heavy atom. The number of benzene rings is 7. The molecule has 0 fully saturated rings. The molecule has 9 rings (SSSR count). The molecule has 1 aliphatic carbocycles. The van der Waals surface area contributed by atoms with Gasteiger partial charge in [-0.15, -0.1) is 0 Å². The van der Waals surface area contributed by atoms with Crippen molar-refractivity contribution in [2.75, 3.05) is 0 Å². The van der Waals surface area contributed by atoms with Gasteiger partial charge in [0.15, 0.2) is 0 Å². The highest BCUT2D eigenvalue weighted by Gasteiger charge is 2.19. The molecule has 0 radical (unpaired) electrons. The van der Waals surface area contributed by atoms with Crippen molar-refractivity contribution in [3.63, 3.8) is 0 Å². The number of fused-ring (bicyclic) bond motifs is 3. The molecule has 1 heterocycles. The van der Waals surface area contributed by atoms with Gasteiger partial charge in [-0.1, -0.05) is 157 Å². The van der Waals surface area contributed by atoms with Crippen molar-refractivity contribution < 1.29 is 0 Å². The van der Waals surface area contributed by atoms with Gasteiger partial charge in [-0.2, -0.15) is 0 Å². The van der Waals surface area contributed by atoms with Crippen LogP contribution in [-0.2, 0) is 0 Å². The molecule has 0 atom stereocenters. The lowest BCUT2D eigenvalue weighted by Crippen LogP contribution is -1.99. The molecule has 1 nitrogen and oxygen atoms in total. The zero-order chi connectivity index (χ0) is 35.4. The van der Waals surface area contributed by atoms with Crippen molar-refractivity contribution >= 4 is 27.4 Å². The van der Waals surface area contributed by atoms with Crippen LogP contribution in [0.25, 0.3) is 66.4 Å². The first-order chi connectivity index (χ1) is 25.5. The van der Waals surface area contributed by atoms with Crippen LogP contribution in [0.4, 0.5) is 0 Å². The minimum absolute atomic E-state index is 1.08. The van der Waals surface area contributed by atoms with E-state index in [0.29, 0.717) is 0 Å². The zero-order valence-electron chi connectivity index (χ0n) is 30.2. The van der Waals surface area contributed by atoms with Gasteiger partial charge in [-0.3, -0.25) is 0 Å². The minimum Gasteiger partial charge on any atom is -0.309 e. The summed E-state index contributed by atoms with van der Waals surface area (Å²) in [7, 11) is 0. The van der Waals surface area contributed by atoms with E-state index >= 15 is 0 Å². The Balaban J connectivity index is 0.000000497. The van der Waals surface area contributed by atoms with E-state index in [0.717, 1.165) is 12.8 Å². The summed E-state index contributed by atoms with van der Waals surface area (Å²) in [6.45, 7) is 6.61. The highest BCUT2D eigenvalue weighted by atomic mass is 15.0. The second-order valence-electron chi connectivity index (χ2n) is 13.8. The Morgan fingerprint density at radius 1 is 0.462 bits per heavy atom. The third kappa shape index (κ3) is 6.54. The average Bonchev–Trinajstić information content (AvgIpc) is 3.55. The van der Waals surface area contributed by atoms with Crippen molar-refractivity contribution in [2.45, 2.75) is 33.6 Å². The molecule has 0 N–H and O–H groups in total. The van der Waals surface area contributed by atoms with Crippen LogP contribution >= 0.6 is 0 Å². The lowest BCUT2D eigenvalue weighted by molar-refractivity contribution is 1.04. The standard InChI is InChI=1S/C44H35N.C7H8/c1-30-22-23-35(32-14-6-3-7-15-32)29-42(30)39-24-25-41-40-20-12-13-21-43(40)45(44(41)31(39)2)38-27-36(33-16-8-4-9-17-33)26-37(28-38)34-18-10-5-11-19-34;1-7-5-3-2-4-6-7/h3-4,6-10,12-29H,5,11H2,1-2H3;2-6H,1H3. The first kappa shape index (κ1) is 33.0. The summed E-state index contributed by atoms with van der Waals surface area (Å²) in [6, 6.07) is 59.2. The number of rotatable bonds is 5. The number of allylic oxidation sites excluding steroid dienone is 4. The SMILES string of the molecule is Cc1ccc(-c2ccccc2)cc1-c1ccc2c3ccccc3n(-c3cc(C4=CCCC=C4)cc(-c4ccccc4)c3)c2c1C.Cc1ccccc1. The monoisotopic (exact) mass is 669 g/mol. The largest absolute Gasteiger partial charge is 0.309 e. The van der Waals surface area contributed by atoms with Gasteiger partial charge in [0.2, 0.25) is 0 Å². The summed E-state index contributed by atoms with van der Waals surface area (Å²) in [5.74, 6) is 0. The Bertz CT molecular complexity index is 2570. The van der Waals surface area contributed by atoms with Crippen LogP contribution in [0.3, 0.4) is 0 Å². The van der Waals surface area contributed by atoms with E-state index in [-0.39, 0.29) is 0 Å². The summed E-state index contributed by atoms with van der Waals surface area (Å²) >= 11 is 0. The van der Waals surface area contributed by atoms with Crippen LogP contribution in [0.15, 0.2) is 182 Å². The molecule has 252 valence electrons. The Kier molecular flexibility index (Phi) is 9.25. The Morgan fingerprint density at radius 3 is 1.79 bits per heavy atom. The molecule has 1 aromatic heterocycles. The molecular weight excluding hydrogens is 627 g/mol. The van der Waals surface area contributed by atoms with Crippen molar-refractivity contribution in [3.05, 3.63) is 204 Å². The number of hydrogen-bond acceptors (Lipinski definition) is 0. The van der Waals surface area contributed by atoms with E-state index in [9.17, 15) is 0 Å². The summed E-state index contributed by atoms with van der Waals surface area (Å²) in [4.78, 5) is 0. The maximum absolute atomic E-state index is 2.50. The molecule has 0 spiro atoms. The number of hydrogen-bond donors (Lipinski definition) is 0. The third-order valence-corrected chi connectivity index (χ3v) is 10.3.